The number of allylic oxidation sites excluding steroid dienone is 5. The molecule has 0 radical (unpaired) electrons. The molecule has 3 unspecified atom stereocenters. The standard InChI is InChI=1S/C25H36O6/c1-18(2)16-22(28)31-21-10-14-24(5,12-7-11-23(3,4)29)13-8-19(17-26)20(27)9-15-25(21,6)30/h7-11,14-16,21,26,29-30H,12-13,17H2,1-6H3/b11-7+,14-10-,15-9-,19-8-. The number of carbonyl (C=O) groups is 2. The number of rotatable bonds is 6. The Bertz CT molecular complexity index is 800. The van der Waals surface area contributed by atoms with Gasteiger partial charge in [-0.05, 0) is 71.1 Å². The van der Waals surface area contributed by atoms with E-state index in [0.717, 1.165) is 5.57 Å². The highest BCUT2D eigenvalue weighted by atomic mass is 16.6. The molecular formula is C25H36O6. The molecule has 0 saturated carbocycles. The van der Waals surface area contributed by atoms with Crippen molar-refractivity contribution in [1.82, 2.24) is 0 Å². The van der Waals surface area contributed by atoms with Gasteiger partial charge in [-0.3, -0.25) is 4.79 Å². The topological polar surface area (TPSA) is 104 Å². The molecule has 0 fully saturated rings. The van der Waals surface area contributed by atoms with Crippen molar-refractivity contribution in [1.29, 1.82) is 0 Å². The quantitative estimate of drug-likeness (QED) is 0.338. The molecule has 1 aliphatic carbocycles. The Morgan fingerprint density at radius 1 is 1.29 bits per heavy atom. The third-order valence-electron chi connectivity index (χ3n) is 4.88. The van der Waals surface area contributed by atoms with E-state index in [1.165, 1.54) is 25.2 Å². The van der Waals surface area contributed by atoms with Gasteiger partial charge >= 0.3 is 5.97 Å². The van der Waals surface area contributed by atoms with Crippen LogP contribution in [0.1, 0.15) is 54.4 Å². The zero-order chi connectivity index (χ0) is 23.9. The zero-order valence-electron chi connectivity index (χ0n) is 19.4. The first-order chi connectivity index (χ1) is 14.2. The third kappa shape index (κ3) is 9.59. The number of esters is 1. The van der Waals surface area contributed by atoms with Crippen molar-refractivity contribution in [3.05, 3.63) is 59.8 Å². The summed E-state index contributed by atoms with van der Waals surface area (Å²) in [6.07, 6.45) is 12.4. The average molecular weight is 433 g/mol. The smallest absolute Gasteiger partial charge is 0.331 e. The lowest BCUT2D eigenvalue weighted by atomic mass is 9.81. The van der Waals surface area contributed by atoms with Gasteiger partial charge in [0.05, 0.1) is 12.2 Å². The van der Waals surface area contributed by atoms with Crippen LogP contribution >= 0.6 is 0 Å². The number of ketones is 1. The number of aliphatic hydroxyl groups is 3. The maximum atomic E-state index is 12.5. The van der Waals surface area contributed by atoms with E-state index in [9.17, 15) is 24.9 Å². The Balaban J connectivity index is 3.42. The Morgan fingerprint density at radius 3 is 2.48 bits per heavy atom. The van der Waals surface area contributed by atoms with Gasteiger partial charge in [0.1, 0.15) is 5.60 Å². The number of ether oxygens (including phenoxy) is 1. The largest absolute Gasteiger partial charge is 0.452 e. The van der Waals surface area contributed by atoms with Gasteiger partial charge in [-0.15, -0.1) is 0 Å². The second-order valence-corrected chi connectivity index (χ2v) is 9.37. The molecule has 0 aromatic rings. The second-order valence-electron chi connectivity index (χ2n) is 9.37. The van der Waals surface area contributed by atoms with Crippen molar-refractivity contribution in [3.8, 4) is 0 Å². The lowest BCUT2D eigenvalue weighted by Crippen LogP contribution is -2.39. The normalized spacial score (nSPS) is 31.3. The molecule has 1 aliphatic rings. The molecule has 0 spiro atoms. The van der Waals surface area contributed by atoms with Crippen molar-refractivity contribution in [2.45, 2.75) is 71.7 Å². The van der Waals surface area contributed by atoms with Crippen LogP contribution in [0.25, 0.3) is 0 Å². The van der Waals surface area contributed by atoms with Gasteiger partial charge in [0.15, 0.2) is 11.9 Å². The van der Waals surface area contributed by atoms with Gasteiger partial charge in [0.2, 0.25) is 0 Å². The van der Waals surface area contributed by atoms with Gasteiger partial charge in [-0.1, -0.05) is 36.8 Å². The van der Waals surface area contributed by atoms with E-state index < -0.39 is 41.1 Å². The third-order valence-corrected chi connectivity index (χ3v) is 4.88. The van der Waals surface area contributed by atoms with Crippen molar-refractivity contribution in [3.63, 3.8) is 0 Å². The minimum Gasteiger partial charge on any atom is -0.452 e. The van der Waals surface area contributed by atoms with Crippen LogP contribution in [0.2, 0.25) is 0 Å². The average Bonchev–Trinajstić information content (AvgIpc) is 2.63. The molecule has 3 atom stereocenters. The number of hydrogen-bond acceptors (Lipinski definition) is 6. The Labute approximate surface area is 185 Å². The van der Waals surface area contributed by atoms with Gasteiger partial charge < -0.3 is 20.1 Å². The fourth-order valence-electron chi connectivity index (χ4n) is 2.95. The summed E-state index contributed by atoms with van der Waals surface area (Å²) in [5.74, 6) is -1.02. The molecule has 0 aliphatic heterocycles. The fraction of sp³-hybridized carbons (Fsp3) is 0.520. The molecule has 0 heterocycles. The summed E-state index contributed by atoms with van der Waals surface area (Å²) in [4.78, 5) is 24.7. The number of hydrogen-bond donors (Lipinski definition) is 3. The summed E-state index contributed by atoms with van der Waals surface area (Å²) in [7, 11) is 0. The van der Waals surface area contributed by atoms with Crippen LogP contribution in [0.4, 0.5) is 0 Å². The van der Waals surface area contributed by atoms with Crippen LogP contribution in [-0.4, -0.2) is 51.0 Å². The van der Waals surface area contributed by atoms with Crippen LogP contribution in [0.3, 0.4) is 0 Å². The molecule has 0 aromatic carbocycles. The Kier molecular flexibility index (Phi) is 9.36. The van der Waals surface area contributed by atoms with Gasteiger partial charge in [0.25, 0.3) is 0 Å². The van der Waals surface area contributed by atoms with E-state index in [-0.39, 0.29) is 5.57 Å². The predicted molar refractivity (Wildman–Crippen MR) is 121 cm³/mol. The minimum atomic E-state index is -1.65. The molecule has 1 rings (SSSR count). The molecule has 172 valence electrons. The van der Waals surface area contributed by atoms with Crippen LogP contribution < -0.4 is 0 Å². The molecule has 6 nitrogen and oxygen atoms in total. The van der Waals surface area contributed by atoms with Crippen LogP contribution in [0, 0.1) is 5.41 Å². The lowest BCUT2D eigenvalue weighted by Gasteiger charge is -2.29. The minimum absolute atomic E-state index is 0.220. The SMILES string of the molecule is CC(C)=CC(=O)OC1/C=C\C(C)(C/C=C/C(C)(C)O)C/C=C(/CO)C(=O)/C=C\C1(C)O. The Hall–Kier alpha value is -2.28. The summed E-state index contributed by atoms with van der Waals surface area (Å²) in [6, 6.07) is 0. The molecule has 0 saturated heterocycles. The van der Waals surface area contributed by atoms with E-state index in [1.54, 1.807) is 45.9 Å². The van der Waals surface area contributed by atoms with Gasteiger partial charge in [-0.25, -0.2) is 4.79 Å². The van der Waals surface area contributed by atoms with Crippen LogP contribution in [-0.2, 0) is 14.3 Å². The van der Waals surface area contributed by atoms with Crippen molar-refractivity contribution < 1.29 is 29.6 Å². The molecular weight excluding hydrogens is 396 g/mol. The zero-order valence-corrected chi connectivity index (χ0v) is 19.4. The molecule has 0 bridgehead atoms. The molecule has 31 heavy (non-hydrogen) atoms. The molecule has 0 amide bonds. The fourth-order valence-corrected chi connectivity index (χ4v) is 2.95. The summed E-state index contributed by atoms with van der Waals surface area (Å²) in [5.41, 5.74) is -2.16. The first kappa shape index (κ1) is 26.8. The summed E-state index contributed by atoms with van der Waals surface area (Å²) >= 11 is 0. The lowest BCUT2D eigenvalue weighted by molar-refractivity contribution is -0.148. The van der Waals surface area contributed by atoms with E-state index in [0.29, 0.717) is 12.8 Å². The van der Waals surface area contributed by atoms with E-state index >= 15 is 0 Å². The van der Waals surface area contributed by atoms with Crippen LogP contribution in [0.15, 0.2) is 59.8 Å². The maximum Gasteiger partial charge on any atom is 0.331 e. The van der Waals surface area contributed by atoms with Gasteiger partial charge in [-0.2, -0.15) is 0 Å². The number of carbonyl (C=O) groups excluding carboxylic acids is 2. The summed E-state index contributed by atoms with van der Waals surface area (Å²) in [6.45, 7) is 9.84. The van der Waals surface area contributed by atoms with Crippen molar-refractivity contribution in [2.24, 2.45) is 5.41 Å². The molecule has 0 aromatic heterocycles. The predicted octanol–water partition coefficient (Wildman–Crippen LogP) is 3.34. The Morgan fingerprint density at radius 2 is 1.94 bits per heavy atom. The van der Waals surface area contributed by atoms with E-state index in [1.807, 2.05) is 19.1 Å². The highest BCUT2D eigenvalue weighted by Gasteiger charge is 2.32. The first-order valence-corrected chi connectivity index (χ1v) is 10.4. The molecule has 3 N–H and O–H groups in total. The van der Waals surface area contributed by atoms with Crippen molar-refractivity contribution in [2.75, 3.05) is 6.61 Å². The van der Waals surface area contributed by atoms with E-state index in [4.69, 9.17) is 4.74 Å². The highest BCUT2D eigenvalue weighted by Crippen LogP contribution is 2.32. The maximum absolute atomic E-state index is 12.5. The van der Waals surface area contributed by atoms with Crippen LogP contribution in [0.5, 0.6) is 0 Å². The summed E-state index contributed by atoms with van der Waals surface area (Å²) < 4.78 is 5.49. The van der Waals surface area contributed by atoms with Crippen molar-refractivity contribution >= 4 is 11.8 Å². The van der Waals surface area contributed by atoms with Gasteiger partial charge in [0, 0.05) is 11.6 Å². The molecule has 6 heteroatoms. The first-order valence-electron chi connectivity index (χ1n) is 10.4. The monoisotopic (exact) mass is 432 g/mol. The summed E-state index contributed by atoms with van der Waals surface area (Å²) in [5, 5.41) is 30.5. The van der Waals surface area contributed by atoms with E-state index in [2.05, 4.69) is 0 Å². The second kappa shape index (κ2) is 10.8. The highest BCUT2D eigenvalue weighted by molar-refractivity contribution is 6.04. The number of aliphatic hydroxyl groups excluding tert-OH is 1.